The normalized spacial score (nSPS) is 18.4. The Kier molecular flexibility index (Phi) is 8.24. The van der Waals surface area contributed by atoms with Crippen LogP contribution in [0, 0.1) is 0 Å². The highest BCUT2D eigenvalue weighted by Crippen LogP contribution is 2.14. The van der Waals surface area contributed by atoms with Crippen LogP contribution in [0.2, 0.25) is 0 Å². The average molecular weight is 329 g/mol. The molecule has 1 aliphatic rings. The van der Waals surface area contributed by atoms with Crippen LogP contribution in [0.25, 0.3) is 0 Å². The Labute approximate surface area is 138 Å². The van der Waals surface area contributed by atoms with Crippen LogP contribution in [-0.2, 0) is 16.1 Å². The summed E-state index contributed by atoms with van der Waals surface area (Å²) in [5.74, 6) is 0.358. The summed E-state index contributed by atoms with van der Waals surface area (Å²) in [5.41, 5.74) is 1.26. The lowest BCUT2D eigenvalue weighted by Crippen LogP contribution is -2.48. The van der Waals surface area contributed by atoms with Gasteiger partial charge in [0, 0.05) is 32.2 Å². The van der Waals surface area contributed by atoms with Crippen LogP contribution >= 0.6 is 12.4 Å². The predicted molar refractivity (Wildman–Crippen MR) is 88.6 cm³/mol. The van der Waals surface area contributed by atoms with Gasteiger partial charge in [-0.25, -0.2) is 4.79 Å². The Hall–Kier alpha value is -1.30. The Balaban J connectivity index is 0.00000242. The SMILES string of the molecule is CCOC(=O)COc1ccc(CN2CCN[C@@H](C)C2)cc1.Cl. The number of nitrogens with zero attached hydrogens (tertiary/aromatic N) is 1. The number of nitrogens with one attached hydrogen (secondary N) is 1. The van der Waals surface area contributed by atoms with E-state index in [-0.39, 0.29) is 25.0 Å². The number of ether oxygens (including phenoxy) is 2. The van der Waals surface area contributed by atoms with E-state index in [0.29, 0.717) is 18.4 Å². The number of carbonyl (C=O) groups is 1. The molecule has 1 aliphatic heterocycles. The molecular weight excluding hydrogens is 304 g/mol. The lowest BCUT2D eigenvalue weighted by atomic mass is 10.1. The molecule has 1 fully saturated rings. The van der Waals surface area contributed by atoms with Gasteiger partial charge in [-0.3, -0.25) is 4.90 Å². The Bertz CT molecular complexity index is 453. The standard InChI is InChI=1S/C16H24N2O3.ClH/c1-3-20-16(19)12-21-15-6-4-14(5-7-15)11-18-9-8-17-13(2)10-18;/h4-7,13,17H,3,8-12H2,1-2H3;1H/t13-;/m0./s1. The fourth-order valence-electron chi connectivity index (χ4n) is 2.45. The molecule has 1 aromatic carbocycles. The third-order valence-corrected chi connectivity index (χ3v) is 3.44. The van der Waals surface area contributed by atoms with Gasteiger partial charge in [0.05, 0.1) is 6.61 Å². The van der Waals surface area contributed by atoms with E-state index in [1.165, 1.54) is 5.56 Å². The molecule has 0 aromatic heterocycles. The molecule has 1 atom stereocenters. The number of benzene rings is 1. The number of rotatable bonds is 6. The van der Waals surface area contributed by atoms with E-state index >= 15 is 0 Å². The highest BCUT2D eigenvalue weighted by molar-refractivity contribution is 5.85. The van der Waals surface area contributed by atoms with Crippen molar-refractivity contribution in [1.29, 1.82) is 0 Å². The number of piperazine rings is 1. The zero-order chi connectivity index (χ0) is 15.1. The van der Waals surface area contributed by atoms with Crippen molar-refractivity contribution in [1.82, 2.24) is 10.2 Å². The van der Waals surface area contributed by atoms with Crippen molar-refractivity contribution < 1.29 is 14.3 Å². The number of carbonyl (C=O) groups excluding carboxylic acids is 1. The topological polar surface area (TPSA) is 50.8 Å². The summed E-state index contributed by atoms with van der Waals surface area (Å²) in [6, 6.07) is 8.45. The largest absolute Gasteiger partial charge is 0.482 e. The van der Waals surface area contributed by atoms with E-state index < -0.39 is 0 Å². The molecule has 1 saturated heterocycles. The Morgan fingerprint density at radius 1 is 1.36 bits per heavy atom. The minimum Gasteiger partial charge on any atom is -0.482 e. The molecule has 0 spiro atoms. The maximum absolute atomic E-state index is 11.2. The van der Waals surface area contributed by atoms with Gasteiger partial charge in [-0.2, -0.15) is 0 Å². The number of hydrogen-bond donors (Lipinski definition) is 1. The van der Waals surface area contributed by atoms with Crippen molar-refractivity contribution in [3.05, 3.63) is 29.8 Å². The van der Waals surface area contributed by atoms with Crippen molar-refractivity contribution in [3.63, 3.8) is 0 Å². The molecule has 22 heavy (non-hydrogen) atoms. The van der Waals surface area contributed by atoms with Crippen molar-refractivity contribution >= 4 is 18.4 Å². The zero-order valence-electron chi connectivity index (χ0n) is 13.2. The highest BCUT2D eigenvalue weighted by atomic mass is 35.5. The molecule has 0 unspecified atom stereocenters. The summed E-state index contributed by atoms with van der Waals surface area (Å²) in [6.07, 6.45) is 0. The van der Waals surface area contributed by atoms with Crippen LogP contribution in [-0.4, -0.2) is 49.8 Å². The molecule has 0 saturated carbocycles. The first kappa shape index (κ1) is 18.7. The molecule has 2 rings (SSSR count). The second-order valence-electron chi connectivity index (χ2n) is 5.33. The summed E-state index contributed by atoms with van der Waals surface area (Å²) in [6.45, 7) is 8.47. The lowest BCUT2D eigenvalue weighted by molar-refractivity contribution is -0.145. The highest BCUT2D eigenvalue weighted by Gasteiger charge is 2.15. The molecular formula is C16H25ClN2O3. The van der Waals surface area contributed by atoms with E-state index in [2.05, 4.69) is 17.1 Å². The van der Waals surface area contributed by atoms with Gasteiger partial charge in [0.25, 0.3) is 0 Å². The molecule has 124 valence electrons. The van der Waals surface area contributed by atoms with Crippen LogP contribution in [0.3, 0.4) is 0 Å². The molecule has 1 heterocycles. The molecule has 1 N–H and O–H groups in total. The van der Waals surface area contributed by atoms with Crippen molar-refractivity contribution in [2.24, 2.45) is 0 Å². The maximum Gasteiger partial charge on any atom is 0.344 e. The summed E-state index contributed by atoms with van der Waals surface area (Å²) in [7, 11) is 0. The van der Waals surface area contributed by atoms with Crippen LogP contribution in [0.5, 0.6) is 5.75 Å². The molecule has 6 heteroatoms. The summed E-state index contributed by atoms with van der Waals surface area (Å²) >= 11 is 0. The molecule has 0 bridgehead atoms. The first-order chi connectivity index (χ1) is 10.2. The minimum atomic E-state index is -0.337. The zero-order valence-corrected chi connectivity index (χ0v) is 14.0. The van der Waals surface area contributed by atoms with Crippen molar-refractivity contribution in [2.45, 2.75) is 26.4 Å². The molecule has 0 aliphatic carbocycles. The van der Waals surface area contributed by atoms with Gasteiger partial charge in [0.2, 0.25) is 0 Å². The number of halogens is 1. The fraction of sp³-hybridized carbons (Fsp3) is 0.562. The quantitative estimate of drug-likeness (QED) is 0.808. The first-order valence-corrected chi connectivity index (χ1v) is 7.50. The molecule has 0 amide bonds. The van der Waals surface area contributed by atoms with E-state index in [1.54, 1.807) is 6.92 Å². The van der Waals surface area contributed by atoms with E-state index in [9.17, 15) is 4.79 Å². The fourth-order valence-corrected chi connectivity index (χ4v) is 2.45. The first-order valence-electron chi connectivity index (χ1n) is 7.50. The van der Waals surface area contributed by atoms with E-state index in [1.807, 2.05) is 24.3 Å². The average Bonchev–Trinajstić information content (AvgIpc) is 2.47. The van der Waals surface area contributed by atoms with Crippen molar-refractivity contribution in [3.8, 4) is 5.75 Å². The van der Waals surface area contributed by atoms with Crippen LogP contribution in [0.15, 0.2) is 24.3 Å². The van der Waals surface area contributed by atoms with Gasteiger partial charge in [0.15, 0.2) is 6.61 Å². The number of esters is 1. The maximum atomic E-state index is 11.2. The molecule has 0 radical (unpaired) electrons. The van der Waals surface area contributed by atoms with Gasteiger partial charge in [-0.1, -0.05) is 12.1 Å². The number of hydrogen-bond acceptors (Lipinski definition) is 5. The van der Waals surface area contributed by atoms with E-state index in [0.717, 1.165) is 26.2 Å². The minimum absolute atomic E-state index is 0. The van der Waals surface area contributed by atoms with Gasteiger partial charge >= 0.3 is 5.97 Å². The van der Waals surface area contributed by atoms with Gasteiger partial charge < -0.3 is 14.8 Å². The second-order valence-corrected chi connectivity index (χ2v) is 5.33. The molecule has 1 aromatic rings. The summed E-state index contributed by atoms with van der Waals surface area (Å²) < 4.78 is 10.2. The second kappa shape index (κ2) is 9.66. The summed E-state index contributed by atoms with van der Waals surface area (Å²) in [5, 5.41) is 3.44. The van der Waals surface area contributed by atoms with Crippen molar-refractivity contribution in [2.75, 3.05) is 32.8 Å². The Morgan fingerprint density at radius 2 is 2.09 bits per heavy atom. The monoisotopic (exact) mass is 328 g/mol. The smallest absolute Gasteiger partial charge is 0.344 e. The van der Waals surface area contributed by atoms with Gasteiger partial charge in [-0.15, -0.1) is 12.4 Å². The Morgan fingerprint density at radius 3 is 2.73 bits per heavy atom. The van der Waals surface area contributed by atoms with Gasteiger partial charge in [0.1, 0.15) is 5.75 Å². The summed E-state index contributed by atoms with van der Waals surface area (Å²) in [4.78, 5) is 13.7. The third-order valence-electron chi connectivity index (χ3n) is 3.44. The molecule has 5 nitrogen and oxygen atoms in total. The van der Waals surface area contributed by atoms with Gasteiger partial charge in [-0.05, 0) is 31.5 Å². The van der Waals surface area contributed by atoms with Crippen LogP contribution in [0.4, 0.5) is 0 Å². The van der Waals surface area contributed by atoms with Crippen LogP contribution in [0.1, 0.15) is 19.4 Å². The third kappa shape index (κ3) is 6.22. The van der Waals surface area contributed by atoms with E-state index in [4.69, 9.17) is 9.47 Å². The lowest BCUT2D eigenvalue weighted by Gasteiger charge is -2.31. The van der Waals surface area contributed by atoms with Crippen LogP contribution < -0.4 is 10.1 Å². The predicted octanol–water partition coefficient (Wildman–Crippen LogP) is 1.84.